The van der Waals surface area contributed by atoms with Crippen LogP contribution < -0.4 is 11.5 Å². The molecule has 0 aromatic heterocycles. The third-order valence-electron chi connectivity index (χ3n) is 1.63. The van der Waals surface area contributed by atoms with Crippen molar-refractivity contribution in [2.24, 2.45) is 11.5 Å². The fraction of sp³-hybridized carbons (Fsp3) is 1.00. The van der Waals surface area contributed by atoms with Crippen LogP contribution >= 0.6 is 116 Å². The number of rotatable bonds is 4. The van der Waals surface area contributed by atoms with E-state index in [0.29, 0.717) is 0 Å². The van der Waals surface area contributed by atoms with Gasteiger partial charge in [-0.15, -0.1) is 0 Å². The van der Waals surface area contributed by atoms with E-state index in [-0.39, 0.29) is 0 Å². The van der Waals surface area contributed by atoms with Crippen molar-refractivity contribution >= 4 is 116 Å². The van der Waals surface area contributed by atoms with Gasteiger partial charge in [0.2, 0.25) is 8.91 Å². The quantitative estimate of drug-likeness (QED) is 0.486. The van der Waals surface area contributed by atoms with Crippen LogP contribution in [0.25, 0.3) is 0 Å². The second kappa shape index (κ2) is 5.55. The van der Waals surface area contributed by atoms with Gasteiger partial charge in [0.1, 0.15) is 0 Å². The van der Waals surface area contributed by atoms with Crippen LogP contribution in [0.5, 0.6) is 0 Å². The van der Waals surface area contributed by atoms with Gasteiger partial charge in [-0.05, 0) is 0 Å². The van der Waals surface area contributed by atoms with Gasteiger partial charge in [0.15, 0.2) is 13.0 Å². The van der Waals surface area contributed by atoms with Crippen molar-refractivity contribution in [3.63, 3.8) is 0 Å². The molecule has 4 N–H and O–H groups in total. The Labute approximate surface area is 148 Å². The number of hydrogen-bond acceptors (Lipinski definition) is 2. The predicted octanol–water partition coefficient (Wildman–Crippen LogP) is 4.69. The first kappa shape index (κ1) is 19.8. The fourth-order valence-corrected chi connectivity index (χ4v) is 2.93. The zero-order valence-electron chi connectivity index (χ0n) is 7.43. The zero-order valence-corrected chi connectivity index (χ0v) is 15.0. The maximum atomic E-state index is 5.83. The minimum absolute atomic E-state index is 2.33. The highest BCUT2D eigenvalue weighted by Gasteiger charge is 2.72. The second-order valence-corrected chi connectivity index (χ2v) is 9.72. The van der Waals surface area contributed by atoms with Gasteiger partial charge >= 0.3 is 0 Å². The van der Waals surface area contributed by atoms with E-state index in [2.05, 4.69) is 0 Å². The topological polar surface area (TPSA) is 52.0 Å². The van der Waals surface area contributed by atoms with E-state index in [0.717, 1.165) is 0 Å². The fourth-order valence-electron chi connectivity index (χ4n) is 0.616. The lowest BCUT2D eigenvalue weighted by Gasteiger charge is -2.47. The Kier molecular flexibility index (Phi) is 6.47. The van der Waals surface area contributed by atoms with Gasteiger partial charge in [0.05, 0.1) is 0 Å². The summed E-state index contributed by atoms with van der Waals surface area (Å²) in [5.74, 6) is 0. The summed E-state index contributed by atoms with van der Waals surface area (Å²) in [6, 6.07) is 0. The van der Waals surface area contributed by atoms with Crippen LogP contribution in [-0.2, 0) is 0 Å². The van der Waals surface area contributed by atoms with Crippen molar-refractivity contribution in [2.75, 3.05) is 0 Å². The summed E-state index contributed by atoms with van der Waals surface area (Å²) in [5, 5.41) is 0. The van der Waals surface area contributed by atoms with Crippen molar-refractivity contribution in [1.29, 1.82) is 0 Å². The normalized spacial score (nSPS) is 16.2. The summed E-state index contributed by atoms with van der Waals surface area (Å²) >= 11 is 56.8. The first-order valence-corrected chi connectivity index (χ1v) is 7.25. The van der Waals surface area contributed by atoms with E-state index in [4.69, 9.17) is 127 Å². The molecule has 0 atom stereocenters. The highest BCUT2D eigenvalue weighted by Crippen LogP contribution is 2.63. The molecule has 0 aromatic rings. The standard InChI is InChI=1S/C5H4Cl10N2/c6-1(7,2(8,9)4(12,13)16)3(10,11)5(14,15)17/h16-17H2. The van der Waals surface area contributed by atoms with Crippen LogP contribution in [0.2, 0.25) is 0 Å². The van der Waals surface area contributed by atoms with Crippen LogP contribution in [-0.4, -0.2) is 21.9 Å². The molecule has 0 fully saturated rings. The van der Waals surface area contributed by atoms with Crippen LogP contribution in [0.4, 0.5) is 0 Å². The lowest BCUT2D eigenvalue weighted by molar-refractivity contribution is 0.504. The molecule has 0 radical (unpaired) electrons. The molecule has 0 saturated heterocycles. The number of hydrogen-bond donors (Lipinski definition) is 2. The average Bonchev–Trinajstić information content (AvgIpc) is 1.98. The average molecular weight is 447 g/mol. The van der Waals surface area contributed by atoms with Crippen molar-refractivity contribution in [1.82, 2.24) is 0 Å². The van der Waals surface area contributed by atoms with Gasteiger partial charge in [0, 0.05) is 0 Å². The maximum absolute atomic E-state index is 5.83. The second-order valence-electron chi connectivity index (χ2n) is 2.97. The summed E-state index contributed by atoms with van der Waals surface area (Å²) in [7, 11) is 0. The SMILES string of the molecule is NC(Cl)(Cl)C(Cl)(Cl)C(Cl)(Cl)C(Cl)(Cl)C(N)(Cl)Cl. The van der Waals surface area contributed by atoms with Gasteiger partial charge < -0.3 is 0 Å². The molecular formula is C5H4Cl10N2. The molecule has 2 nitrogen and oxygen atoms in total. The molecule has 0 unspecified atom stereocenters. The molecule has 0 spiro atoms. The summed E-state index contributed by atoms with van der Waals surface area (Å²) in [6.07, 6.45) is 0. The third kappa shape index (κ3) is 3.53. The monoisotopic (exact) mass is 442 g/mol. The summed E-state index contributed by atoms with van der Waals surface area (Å²) < 4.78 is -12.1. The minimum Gasteiger partial charge on any atom is -0.298 e. The zero-order chi connectivity index (χ0) is 14.5. The first-order valence-electron chi connectivity index (χ1n) is 3.47. The lowest BCUT2D eigenvalue weighted by atomic mass is 10.2. The van der Waals surface area contributed by atoms with Crippen molar-refractivity contribution in [3.05, 3.63) is 0 Å². The van der Waals surface area contributed by atoms with Gasteiger partial charge in [-0.2, -0.15) is 0 Å². The van der Waals surface area contributed by atoms with E-state index in [1.54, 1.807) is 0 Å². The van der Waals surface area contributed by atoms with E-state index in [1.807, 2.05) is 0 Å². The molecule has 0 aliphatic heterocycles. The molecule has 0 aromatic carbocycles. The maximum Gasteiger partial charge on any atom is 0.202 e. The van der Waals surface area contributed by atoms with Gasteiger partial charge in [-0.25, -0.2) is 0 Å². The molecule has 0 bridgehead atoms. The van der Waals surface area contributed by atoms with Crippen molar-refractivity contribution < 1.29 is 0 Å². The largest absolute Gasteiger partial charge is 0.298 e. The Morgan fingerprint density at radius 1 is 0.412 bits per heavy atom. The first-order chi connectivity index (χ1) is 7.00. The van der Waals surface area contributed by atoms with Gasteiger partial charge in [-0.1, -0.05) is 116 Å². The highest BCUT2D eigenvalue weighted by molar-refractivity contribution is 6.76. The molecule has 12 heteroatoms. The Bertz CT molecular complexity index is 258. The molecule has 104 valence electrons. The highest BCUT2D eigenvalue weighted by atomic mass is 35.6. The Balaban J connectivity index is 5.73. The molecule has 0 heterocycles. The summed E-state index contributed by atoms with van der Waals surface area (Å²) in [5.41, 5.74) is 10.6. The molecule has 0 rings (SSSR count). The van der Waals surface area contributed by atoms with Gasteiger partial charge in [0.25, 0.3) is 0 Å². The summed E-state index contributed by atoms with van der Waals surface area (Å²) in [4.78, 5) is 0. The summed E-state index contributed by atoms with van der Waals surface area (Å²) in [6.45, 7) is 0. The molecule has 0 aliphatic carbocycles. The Morgan fingerprint density at radius 2 is 0.588 bits per heavy atom. The van der Waals surface area contributed by atoms with Crippen molar-refractivity contribution in [3.8, 4) is 0 Å². The van der Waals surface area contributed by atoms with E-state index >= 15 is 0 Å². The van der Waals surface area contributed by atoms with E-state index in [1.165, 1.54) is 0 Å². The van der Waals surface area contributed by atoms with E-state index < -0.39 is 21.9 Å². The molecule has 17 heavy (non-hydrogen) atoms. The molecule has 0 amide bonds. The van der Waals surface area contributed by atoms with Crippen LogP contribution in [0.15, 0.2) is 0 Å². The van der Waals surface area contributed by atoms with Crippen LogP contribution in [0.3, 0.4) is 0 Å². The number of halogens is 10. The van der Waals surface area contributed by atoms with E-state index in [9.17, 15) is 0 Å². The minimum atomic E-state index is -2.51. The Morgan fingerprint density at radius 3 is 0.706 bits per heavy atom. The predicted molar refractivity (Wildman–Crippen MR) is 80.6 cm³/mol. The lowest BCUT2D eigenvalue weighted by Crippen LogP contribution is -2.67. The molecular weight excluding hydrogens is 443 g/mol. The van der Waals surface area contributed by atoms with Crippen LogP contribution in [0, 0.1) is 0 Å². The van der Waals surface area contributed by atoms with Gasteiger partial charge in [-0.3, -0.25) is 11.5 Å². The Hall–Kier alpha value is 2.82. The molecule has 0 saturated carbocycles. The smallest absolute Gasteiger partial charge is 0.202 e. The molecule has 0 aliphatic rings. The third-order valence-corrected chi connectivity index (χ3v) is 7.77. The van der Waals surface area contributed by atoms with Crippen molar-refractivity contribution in [2.45, 2.75) is 21.9 Å². The number of alkyl halides is 10. The number of nitrogens with two attached hydrogens (primary N) is 2. The van der Waals surface area contributed by atoms with Crippen LogP contribution in [0.1, 0.15) is 0 Å².